The van der Waals surface area contributed by atoms with Crippen molar-refractivity contribution in [2.75, 3.05) is 19.6 Å². The van der Waals surface area contributed by atoms with Crippen LogP contribution < -0.4 is 37.9 Å². The number of halogens is 1. The molecule has 0 radical (unpaired) electrons. The Kier molecular flexibility index (Phi) is 14.6. The molecule has 0 fully saturated rings. The number of aryl methyl sites for hydroxylation is 1. The van der Waals surface area contributed by atoms with Crippen molar-refractivity contribution in [3.8, 4) is 11.4 Å². The molecule has 4 heterocycles. The molecule has 20 heteroatoms. The first kappa shape index (κ1) is 49.8. The van der Waals surface area contributed by atoms with E-state index in [-0.39, 0.29) is 62.4 Å². The Balaban J connectivity index is 0.973. The summed E-state index contributed by atoms with van der Waals surface area (Å²) in [7, 11) is 0. The molecule has 0 bridgehead atoms. The number of ether oxygens (including phenoxy) is 2. The lowest BCUT2D eigenvalue weighted by Gasteiger charge is -2.31. The number of aliphatic hydroxyl groups is 1. The van der Waals surface area contributed by atoms with Gasteiger partial charge in [-0.25, -0.2) is 14.2 Å². The number of hydrogen-bond donors (Lipinski definition) is 7. The Labute approximate surface area is 396 Å². The van der Waals surface area contributed by atoms with Crippen molar-refractivity contribution >= 4 is 52.4 Å². The van der Waals surface area contributed by atoms with E-state index in [1.54, 1.807) is 71.0 Å². The van der Waals surface area contributed by atoms with Gasteiger partial charge in [-0.3, -0.25) is 33.6 Å². The van der Waals surface area contributed by atoms with Gasteiger partial charge in [0.1, 0.15) is 24.1 Å². The van der Waals surface area contributed by atoms with E-state index < -0.39 is 95.8 Å². The summed E-state index contributed by atoms with van der Waals surface area (Å²) in [6.07, 6.45) is 0.762. The summed E-state index contributed by atoms with van der Waals surface area (Å²) in [5.41, 5.74) is 7.25. The predicted octanol–water partition coefficient (Wildman–Crippen LogP) is 1.55. The number of aromatic nitrogens is 2. The van der Waals surface area contributed by atoms with Crippen LogP contribution in [0.25, 0.3) is 22.3 Å². The number of pyridine rings is 2. The molecular weight excluding hydrogens is 896 g/mol. The second-order valence-corrected chi connectivity index (χ2v) is 18.6. The molecule has 1 aliphatic carbocycles. The minimum absolute atomic E-state index is 0.00270. The first-order valence-electron chi connectivity index (χ1n) is 22.9. The zero-order valence-electron chi connectivity index (χ0n) is 39.1. The highest BCUT2D eigenvalue weighted by Gasteiger charge is 2.46. The van der Waals surface area contributed by atoms with E-state index in [1.807, 2.05) is 0 Å². The molecule has 7 rings (SSSR count). The summed E-state index contributed by atoms with van der Waals surface area (Å²) in [6.45, 7) is 7.12. The van der Waals surface area contributed by atoms with Crippen LogP contribution in [0.5, 0.6) is 0 Å². The Bertz CT molecular complexity index is 2810. The topological polar surface area (TPSA) is 279 Å². The molecule has 0 saturated carbocycles. The van der Waals surface area contributed by atoms with Gasteiger partial charge in [0.25, 0.3) is 5.56 Å². The van der Waals surface area contributed by atoms with Crippen LogP contribution >= 0.6 is 0 Å². The summed E-state index contributed by atoms with van der Waals surface area (Å²) < 4.78 is 27.3. The number of rotatable bonds is 17. The van der Waals surface area contributed by atoms with Crippen molar-refractivity contribution in [2.45, 2.75) is 122 Å². The second kappa shape index (κ2) is 20.3. The van der Waals surface area contributed by atoms with Crippen molar-refractivity contribution in [1.29, 1.82) is 0 Å². The zero-order valence-corrected chi connectivity index (χ0v) is 39.1. The van der Waals surface area contributed by atoms with E-state index >= 15 is 4.39 Å². The minimum atomic E-state index is -2.04. The van der Waals surface area contributed by atoms with Crippen LogP contribution in [0.15, 0.2) is 47.3 Å². The molecule has 0 spiro atoms. The monoisotopic (exact) mass is 952 g/mol. The zero-order chi connectivity index (χ0) is 49.9. The van der Waals surface area contributed by atoms with Gasteiger partial charge in [-0.15, -0.1) is 0 Å². The molecular formula is C49H57FN8O11. The molecule has 0 saturated heterocycles. The maximum Gasteiger partial charge on any atom is 0.343 e. The molecule has 0 unspecified atom stereocenters. The third-order valence-corrected chi connectivity index (χ3v) is 12.5. The summed E-state index contributed by atoms with van der Waals surface area (Å²) in [5, 5.41) is 25.3. The van der Waals surface area contributed by atoms with Gasteiger partial charge in [-0.2, -0.15) is 0 Å². The number of carbonyl (C=O) groups is 7. The average molecular weight is 953 g/mol. The highest BCUT2D eigenvalue weighted by Crippen LogP contribution is 2.46. The fraction of sp³-hybridized carbons (Fsp3) is 0.449. The summed E-state index contributed by atoms with van der Waals surface area (Å²) >= 11 is 0. The summed E-state index contributed by atoms with van der Waals surface area (Å²) in [4.78, 5) is 109. The summed E-state index contributed by atoms with van der Waals surface area (Å²) in [6, 6.07) is 8.99. The number of benzene rings is 2. The Morgan fingerprint density at radius 1 is 0.986 bits per heavy atom. The fourth-order valence-corrected chi connectivity index (χ4v) is 9.05. The SMILES string of the molecule is CC[C@@]1(O)C(=O)OCc2c1cc1n(c2=O)Cc2c-1nc1cc(F)c(C)c3c1c2[C@@H](NC(=O)CCCNC(=O)[C@H](Cc1ccccc1)NC(=O)CNC(=O)CNC(=O)[C@@H](N)CC(=O)OC(C)(C)C)CC3. The van der Waals surface area contributed by atoms with Crippen LogP contribution in [0.4, 0.5) is 4.39 Å². The molecule has 4 atom stereocenters. The van der Waals surface area contributed by atoms with Gasteiger partial charge in [0.05, 0.1) is 60.6 Å². The number of esters is 2. The highest BCUT2D eigenvalue weighted by atomic mass is 19.1. The number of nitrogens with one attached hydrogen (secondary N) is 5. The standard InChI is InChI=1S/C49H57FN8O11/c1-6-49(67)30-18-36-43-28(23-58(36)46(65)29(30)24-68-47(49)66)42-33(15-14-27-25(2)31(50)19-34(57-43)41(27)42)55-37(59)13-10-16-52-45(64)35(17-26-11-8-7-9-12-26)56-39(61)22-53-38(60)21-54-44(63)32(51)20-40(62)69-48(3,4)5/h7-9,11-12,18-19,32-33,35,67H,6,10,13-17,20-24,51H2,1-5H3,(H,52,64)(H,53,60)(H,54,63)(H,55,59)(H,56,61)/t32-,33-,35-,49-/m0/s1. The number of cyclic esters (lactones) is 1. The van der Waals surface area contributed by atoms with Crippen molar-refractivity contribution in [2.24, 2.45) is 5.73 Å². The lowest BCUT2D eigenvalue weighted by atomic mass is 9.81. The molecule has 2 aromatic carbocycles. The third-order valence-electron chi connectivity index (χ3n) is 12.5. The smallest absolute Gasteiger partial charge is 0.343 e. The first-order valence-corrected chi connectivity index (χ1v) is 22.9. The van der Waals surface area contributed by atoms with Gasteiger partial charge in [-0.05, 0) is 81.7 Å². The lowest BCUT2D eigenvalue weighted by Crippen LogP contribution is -2.51. The van der Waals surface area contributed by atoms with Crippen LogP contribution in [0.1, 0.15) is 105 Å². The second-order valence-electron chi connectivity index (χ2n) is 18.6. The Morgan fingerprint density at radius 2 is 1.71 bits per heavy atom. The number of amides is 5. The largest absolute Gasteiger partial charge is 0.460 e. The first-order chi connectivity index (χ1) is 32.7. The molecule has 19 nitrogen and oxygen atoms in total. The highest BCUT2D eigenvalue weighted by molar-refractivity contribution is 5.95. The fourth-order valence-electron chi connectivity index (χ4n) is 9.05. The average Bonchev–Trinajstić information content (AvgIpc) is 3.67. The lowest BCUT2D eigenvalue weighted by molar-refractivity contribution is -0.172. The van der Waals surface area contributed by atoms with Gasteiger partial charge in [0.15, 0.2) is 5.60 Å². The maximum absolute atomic E-state index is 15.4. The van der Waals surface area contributed by atoms with E-state index in [4.69, 9.17) is 20.2 Å². The predicted molar refractivity (Wildman–Crippen MR) is 247 cm³/mol. The number of nitrogens with zero attached hydrogens (tertiary/aromatic N) is 2. The molecule has 69 heavy (non-hydrogen) atoms. The Hall–Kier alpha value is -7.06. The van der Waals surface area contributed by atoms with Crippen LogP contribution in [0, 0.1) is 12.7 Å². The van der Waals surface area contributed by atoms with Crippen LogP contribution in [0.3, 0.4) is 0 Å². The van der Waals surface area contributed by atoms with E-state index in [2.05, 4.69) is 26.6 Å². The quantitative estimate of drug-likeness (QED) is 0.0516. The van der Waals surface area contributed by atoms with Crippen LogP contribution in [-0.2, 0) is 74.6 Å². The number of carbonyl (C=O) groups excluding carboxylic acids is 7. The number of nitrogens with two attached hydrogens (primary N) is 1. The third kappa shape index (κ3) is 10.8. The number of fused-ring (bicyclic) bond motifs is 5. The van der Waals surface area contributed by atoms with Gasteiger partial charge < -0.3 is 51.5 Å². The molecule has 5 amide bonds. The van der Waals surface area contributed by atoms with E-state index in [1.165, 1.54) is 10.6 Å². The molecule has 2 aliphatic heterocycles. The van der Waals surface area contributed by atoms with Crippen molar-refractivity contribution < 1.29 is 52.5 Å². The van der Waals surface area contributed by atoms with Gasteiger partial charge in [0, 0.05) is 42.0 Å². The van der Waals surface area contributed by atoms with Gasteiger partial charge >= 0.3 is 11.9 Å². The van der Waals surface area contributed by atoms with Crippen LogP contribution in [0.2, 0.25) is 0 Å². The van der Waals surface area contributed by atoms with E-state index in [9.17, 15) is 43.5 Å². The molecule has 4 aromatic rings. The van der Waals surface area contributed by atoms with Crippen molar-refractivity contribution in [3.05, 3.63) is 97.6 Å². The molecule has 366 valence electrons. The number of hydrogen-bond acceptors (Lipinski definition) is 13. The van der Waals surface area contributed by atoms with E-state index in [0.717, 1.165) is 11.1 Å². The molecule has 2 aromatic heterocycles. The molecule has 3 aliphatic rings. The van der Waals surface area contributed by atoms with Crippen molar-refractivity contribution in [1.82, 2.24) is 36.1 Å². The normalized spacial score (nSPS) is 17.6. The summed E-state index contributed by atoms with van der Waals surface area (Å²) in [5.74, 6) is -5.01. The maximum atomic E-state index is 15.4. The Morgan fingerprint density at radius 3 is 2.42 bits per heavy atom. The minimum Gasteiger partial charge on any atom is -0.460 e. The van der Waals surface area contributed by atoms with Crippen molar-refractivity contribution in [3.63, 3.8) is 0 Å². The van der Waals surface area contributed by atoms with Gasteiger partial charge in [0.2, 0.25) is 29.5 Å². The molecule has 8 N–H and O–H groups in total. The van der Waals surface area contributed by atoms with E-state index in [0.29, 0.717) is 51.8 Å². The van der Waals surface area contributed by atoms with Gasteiger partial charge in [-0.1, -0.05) is 37.3 Å². The van der Waals surface area contributed by atoms with Crippen LogP contribution in [-0.4, -0.2) is 93.5 Å².